The van der Waals surface area contributed by atoms with Crippen LogP contribution >= 0.6 is 0 Å². The van der Waals surface area contributed by atoms with Gasteiger partial charge in [-0.25, -0.2) is 9.78 Å². The number of methoxy groups -OCH3 is 1. The number of piperidine rings is 1. The molecule has 2 aliphatic rings. The zero-order valence-electron chi connectivity index (χ0n) is 14.5. The number of Topliss-reactive ketones (excluding diaryl/α,β-unsaturated/α-hetero) is 1. The summed E-state index contributed by atoms with van der Waals surface area (Å²) in [5.74, 6) is -0.530. The van der Waals surface area contributed by atoms with E-state index in [1.165, 1.54) is 25.1 Å². The number of likely N-dealkylation sites (tertiary alicyclic amines) is 1. The van der Waals surface area contributed by atoms with Gasteiger partial charge in [-0.3, -0.25) is 9.59 Å². The number of rotatable bonds is 5. The van der Waals surface area contributed by atoms with Crippen LogP contribution in [0, 0.1) is 5.92 Å². The molecule has 2 aromatic heterocycles. The summed E-state index contributed by atoms with van der Waals surface area (Å²) in [4.78, 5) is 42.0. The van der Waals surface area contributed by atoms with E-state index in [2.05, 4.69) is 4.98 Å². The molecule has 1 N–H and O–H groups in total. The number of nitrogens with zero attached hydrogens (tertiary/aromatic N) is 3. The number of ketones is 1. The molecule has 1 amide bonds. The lowest BCUT2D eigenvalue weighted by Crippen LogP contribution is -2.44. The van der Waals surface area contributed by atoms with Crippen LogP contribution in [0.4, 0.5) is 0 Å². The molecule has 0 bridgehead atoms. The van der Waals surface area contributed by atoms with Crippen molar-refractivity contribution in [3.05, 3.63) is 24.0 Å². The summed E-state index contributed by atoms with van der Waals surface area (Å²) in [6.45, 7) is 1.41. The Bertz CT molecular complexity index is 934. The van der Waals surface area contributed by atoms with Crippen LogP contribution in [0.25, 0.3) is 11.0 Å². The number of aliphatic carboxylic acids is 1. The van der Waals surface area contributed by atoms with E-state index in [4.69, 9.17) is 4.74 Å². The maximum Gasteiger partial charge on any atom is 0.326 e. The first-order chi connectivity index (χ1) is 12.4. The maximum absolute atomic E-state index is 12.8. The SMILES string of the molecule is COc1cnc2c(c1)c(C(C)=O)cn2CC(=O)N1[C@@H]2C[C@@H]2C[C@H]1C(=O)O. The van der Waals surface area contributed by atoms with E-state index in [1.54, 1.807) is 16.8 Å². The number of carbonyl (C=O) groups is 3. The van der Waals surface area contributed by atoms with Crippen molar-refractivity contribution in [1.82, 2.24) is 14.5 Å². The number of fused-ring (bicyclic) bond motifs is 2. The number of carboxylic acid groups (broad SMARTS) is 1. The standard InChI is InChI=1S/C18H19N3O5/c1-9(22)13-7-20(17-12(13)5-11(26-2)6-19-17)8-16(23)21-14-3-10(14)4-15(21)18(24)25/h5-7,10,14-15H,3-4,8H2,1-2H3,(H,24,25)/t10-,14-,15+/m1/s1. The predicted molar refractivity (Wildman–Crippen MR) is 91.1 cm³/mol. The molecule has 0 spiro atoms. The minimum absolute atomic E-state index is 0.0331. The second-order valence-corrected chi connectivity index (χ2v) is 6.93. The van der Waals surface area contributed by atoms with Gasteiger partial charge in [0, 0.05) is 23.2 Å². The fourth-order valence-corrected chi connectivity index (χ4v) is 3.93. The highest BCUT2D eigenvalue weighted by Crippen LogP contribution is 2.48. The van der Waals surface area contributed by atoms with Gasteiger partial charge >= 0.3 is 5.97 Å². The molecule has 2 fully saturated rings. The number of aromatic nitrogens is 2. The first kappa shape index (κ1) is 16.6. The molecule has 1 saturated heterocycles. The zero-order chi connectivity index (χ0) is 18.6. The number of carboxylic acids is 1. The third-order valence-electron chi connectivity index (χ3n) is 5.29. The lowest BCUT2D eigenvalue weighted by molar-refractivity contribution is -0.149. The summed E-state index contributed by atoms with van der Waals surface area (Å²) in [7, 11) is 1.52. The number of pyridine rings is 1. The summed E-state index contributed by atoms with van der Waals surface area (Å²) in [6, 6.07) is 0.992. The highest BCUT2D eigenvalue weighted by Gasteiger charge is 2.56. The van der Waals surface area contributed by atoms with Gasteiger partial charge in [-0.2, -0.15) is 0 Å². The lowest BCUT2D eigenvalue weighted by atomic mass is 10.1. The van der Waals surface area contributed by atoms with Crippen molar-refractivity contribution >= 4 is 28.7 Å². The highest BCUT2D eigenvalue weighted by molar-refractivity contribution is 6.06. The minimum atomic E-state index is -0.963. The van der Waals surface area contributed by atoms with Gasteiger partial charge in [0.15, 0.2) is 5.78 Å². The van der Waals surface area contributed by atoms with Crippen LogP contribution < -0.4 is 4.74 Å². The Morgan fingerprint density at radius 3 is 2.77 bits per heavy atom. The molecular formula is C18H19N3O5. The van der Waals surface area contributed by atoms with E-state index in [1.807, 2.05) is 0 Å². The van der Waals surface area contributed by atoms with Gasteiger partial charge in [-0.1, -0.05) is 0 Å². The van der Waals surface area contributed by atoms with Crippen molar-refractivity contribution in [2.75, 3.05) is 7.11 Å². The lowest BCUT2D eigenvalue weighted by Gasteiger charge is -2.24. The molecule has 26 heavy (non-hydrogen) atoms. The summed E-state index contributed by atoms with van der Waals surface area (Å²) >= 11 is 0. The molecule has 3 heterocycles. The maximum atomic E-state index is 12.8. The van der Waals surface area contributed by atoms with Crippen molar-refractivity contribution in [3.63, 3.8) is 0 Å². The van der Waals surface area contributed by atoms with E-state index in [9.17, 15) is 19.5 Å². The summed E-state index contributed by atoms with van der Waals surface area (Å²) in [5, 5.41) is 9.99. The van der Waals surface area contributed by atoms with Crippen LogP contribution in [0.2, 0.25) is 0 Å². The molecular weight excluding hydrogens is 338 g/mol. The Kier molecular flexibility index (Phi) is 3.71. The van der Waals surface area contributed by atoms with Gasteiger partial charge < -0.3 is 19.3 Å². The molecule has 8 heteroatoms. The van der Waals surface area contributed by atoms with E-state index < -0.39 is 12.0 Å². The number of amides is 1. The van der Waals surface area contributed by atoms with Gasteiger partial charge in [-0.15, -0.1) is 0 Å². The second-order valence-electron chi connectivity index (χ2n) is 6.93. The van der Waals surface area contributed by atoms with Crippen molar-refractivity contribution in [1.29, 1.82) is 0 Å². The summed E-state index contributed by atoms with van der Waals surface area (Å²) in [5.41, 5.74) is 0.961. The van der Waals surface area contributed by atoms with E-state index in [0.717, 1.165) is 6.42 Å². The van der Waals surface area contributed by atoms with Gasteiger partial charge in [0.25, 0.3) is 0 Å². The molecule has 1 saturated carbocycles. The zero-order valence-corrected chi connectivity index (χ0v) is 14.5. The monoisotopic (exact) mass is 357 g/mol. The Morgan fingerprint density at radius 2 is 2.12 bits per heavy atom. The number of hydrogen-bond donors (Lipinski definition) is 1. The third-order valence-corrected chi connectivity index (χ3v) is 5.29. The highest BCUT2D eigenvalue weighted by atomic mass is 16.5. The first-order valence-corrected chi connectivity index (χ1v) is 8.48. The van der Waals surface area contributed by atoms with Crippen molar-refractivity contribution in [2.24, 2.45) is 5.92 Å². The number of carbonyl (C=O) groups excluding carboxylic acids is 2. The normalized spacial score (nSPS) is 23.8. The average molecular weight is 357 g/mol. The quantitative estimate of drug-likeness (QED) is 0.810. The van der Waals surface area contributed by atoms with E-state index in [-0.39, 0.29) is 24.3 Å². The third kappa shape index (κ3) is 2.53. The van der Waals surface area contributed by atoms with Crippen LogP contribution in [0.1, 0.15) is 30.1 Å². The molecule has 136 valence electrons. The van der Waals surface area contributed by atoms with Crippen LogP contribution in [-0.4, -0.2) is 56.4 Å². The molecule has 1 aliphatic heterocycles. The largest absolute Gasteiger partial charge is 0.495 e. The fraction of sp³-hybridized carbons (Fsp3) is 0.444. The molecule has 1 aliphatic carbocycles. The van der Waals surface area contributed by atoms with E-state index >= 15 is 0 Å². The molecule has 4 rings (SSSR count). The Hall–Kier alpha value is -2.90. The summed E-state index contributed by atoms with van der Waals surface area (Å²) in [6.07, 6.45) is 4.52. The smallest absolute Gasteiger partial charge is 0.326 e. The summed E-state index contributed by atoms with van der Waals surface area (Å²) < 4.78 is 6.78. The molecule has 0 unspecified atom stereocenters. The van der Waals surface area contributed by atoms with Gasteiger partial charge in [0.05, 0.1) is 13.3 Å². The molecule has 3 atom stereocenters. The topological polar surface area (TPSA) is 102 Å². The first-order valence-electron chi connectivity index (χ1n) is 8.48. The number of ether oxygens (including phenoxy) is 1. The van der Waals surface area contributed by atoms with E-state index in [0.29, 0.717) is 34.7 Å². The van der Waals surface area contributed by atoms with Gasteiger partial charge in [-0.05, 0) is 31.7 Å². The minimum Gasteiger partial charge on any atom is -0.495 e. The van der Waals surface area contributed by atoms with Crippen LogP contribution in [0.3, 0.4) is 0 Å². The molecule has 8 nitrogen and oxygen atoms in total. The van der Waals surface area contributed by atoms with Crippen molar-refractivity contribution in [2.45, 2.75) is 38.4 Å². The Balaban J connectivity index is 1.68. The second kappa shape index (κ2) is 5.82. The predicted octanol–water partition coefficient (Wildman–Crippen LogP) is 1.32. The molecule has 2 aromatic rings. The Morgan fingerprint density at radius 1 is 1.35 bits per heavy atom. The fourth-order valence-electron chi connectivity index (χ4n) is 3.93. The average Bonchev–Trinajstić information content (AvgIpc) is 3.11. The van der Waals surface area contributed by atoms with Gasteiger partial charge in [0.2, 0.25) is 5.91 Å². The van der Waals surface area contributed by atoms with Crippen molar-refractivity contribution in [3.8, 4) is 5.75 Å². The van der Waals surface area contributed by atoms with Crippen LogP contribution in [-0.2, 0) is 16.1 Å². The van der Waals surface area contributed by atoms with Crippen LogP contribution in [0.5, 0.6) is 5.75 Å². The Labute approximate surface area is 149 Å². The number of hydrogen-bond acceptors (Lipinski definition) is 5. The van der Waals surface area contributed by atoms with Crippen LogP contribution in [0.15, 0.2) is 18.5 Å². The van der Waals surface area contributed by atoms with Gasteiger partial charge in [0.1, 0.15) is 24.0 Å². The van der Waals surface area contributed by atoms with Crippen molar-refractivity contribution < 1.29 is 24.2 Å². The molecule has 0 radical (unpaired) electrons. The molecule has 0 aromatic carbocycles.